The van der Waals surface area contributed by atoms with E-state index in [-0.39, 0.29) is 37.9 Å². The van der Waals surface area contributed by atoms with Gasteiger partial charge in [-0.15, -0.1) is 11.3 Å². The lowest BCUT2D eigenvalue weighted by molar-refractivity contribution is 0.332. The van der Waals surface area contributed by atoms with E-state index in [0.717, 1.165) is 91.8 Å². The van der Waals surface area contributed by atoms with E-state index >= 15 is 0 Å². The SMILES string of the molecule is CC(C)(C)c1ccc(N2c3cc4oc5ccccc5c4c(-c4cc5sc6cc7c(cc6c5cc4Nc4ccc5c(c4)C(C)(C)CCC5(C)C)C(C)(C)CCC7(C)C)c3Bc3oc4cc5c(cc4c32)C(C)(C)CCC5(C)C)c(-c2ccccc2)c1. The van der Waals surface area contributed by atoms with E-state index in [1.54, 1.807) is 0 Å². The Labute approximate surface area is 502 Å². The van der Waals surface area contributed by atoms with Crippen molar-refractivity contribution in [2.24, 2.45) is 0 Å². The maximum Gasteiger partial charge on any atom is 0.244 e. The first-order chi connectivity index (χ1) is 39.7. The molecule has 1 aliphatic heterocycles. The fraction of sp³-hybridized carbons (Fsp3) is 0.359. The van der Waals surface area contributed by atoms with Crippen LogP contribution in [0.2, 0.25) is 0 Å². The minimum absolute atomic E-state index is 0.00214. The van der Waals surface area contributed by atoms with Crippen molar-refractivity contribution in [3.63, 3.8) is 0 Å². The van der Waals surface area contributed by atoms with Crippen LogP contribution in [0.5, 0.6) is 0 Å². The van der Waals surface area contributed by atoms with E-state index < -0.39 is 0 Å². The van der Waals surface area contributed by atoms with Crippen LogP contribution in [0.15, 0.2) is 142 Å². The van der Waals surface area contributed by atoms with Gasteiger partial charge in [0.15, 0.2) is 0 Å². The van der Waals surface area contributed by atoms with Gasteiger partial charge >= 0.3 is 0 Å². The van der Waals surface area contributed by atoms with Gasteiger partial charge in [0.1, 0.15) is 16.7 Å². The summed E-state index contributed by atoms with van der Waals surface area (Å²) in [5, 5.41) is 10.3. The van der Waals surface area contributed by atoms with Crippen LogP contribution in [0.4, 0.5) is 28.4 Å². The van der Waals surface area contributed by atoms with E-state index in [1.165, 1.54) is 101 Å². The Hall–Kier alpha value is -7.02. The Bertz CT molecular complexity index is 4600. The van der Waals surface area contributed by atoms with Gasteiger partial charge in [0, 0.05) is 70.6 Å². The van der Waals surface area contributed by atoms with Gasteiger partial charge in [0.05, 0.1) is 17.0 Å². The third-order valence-corrected chi connectivity index (χ3v) is 22.5. The van der Waals surface area contributed by atoms with Crippen molar-refractivity contribution < 1.29 is 8.83 Å². The maximum absolute atomic E-state index is 7.55. The predicted molar refractivity (Wildman–Crippen MR) is 363 cm³/mol. The zero-order valence-corrected chi connectivity index (χ0v) is 53.1. The number of anilines is 5. The average molecular weight is 1120 g/mol. The minimum atomic E-state index is -0.0786. The molecular formula is C78H81BN2O2S. The van der Waals surface area contributed by atoms with Gasteiger partial charge < -0.3 is 19.1 Å². The fourth-order valence-electron chi connectivity index (χ4n) is 15.7. The van der Waals surface area contributed by atoms with Crippen LogP contribution < -0.4 is 21.3 Å². The van der Waals surface area contributed by atoms with Crippen LogP contribution >= 0.6 is 11.3 Å². The lowest BCUT2D eigenvalue weighted by Gasteiger charge is -2.42. The number of thiophene rings is 1. The molecule has 0 fully saturated rings. The van der Waals surface area contributed by atoms with Gasteiger partial charge in [-0.05, 0) is 199 Å². The molecule has 3 aliphatic carbocycles. The van der Waals surface area contributed by atoms with E-state index in [2.05, 4.69) is 248 Å². The molecule has 0 bridgehead atoms. The predicted octanol–water partition coefficient (Wildman–Crippen LogP) is 21.3. The minimum Gasteiger partial charge on any atom is -0.469 e. The zero-order valence-electron chi connectivity index (χ0n) is 52.3. The quantitative estimate of drug-likeness (QED) is 0.174. The van der Waals surface area contributed by atoms with Crippen LogP contribution in [0.3, 0.4) is 0 Å². The highest BCUT2D eigenvalue weighted by atomic mass is 32.1. The van der Waals surface area contributed by atoms with Gasteiger partial charge in [-0.2, -0.15) is 0 Å². The first-order valence-corrected chi connectivity index (χ1v) is 32.0. The normalized spacial score (nSPS) is 18.8. The first-order valence-electron chi connectivity index (χ1n) is 31.2. The molecule has 6 heteroatoms. The number of benzene rings is 8. The molecule has 11 aromatic rings. The molecule has 4 nitrogen and oxygen atoms in total. The summed E-state index contributed by atoms with van der Waals surface area (Å²) >= 11 is 1.95. The number of hydrogen-bond donors (Lipinski definition) is 1. The van der Waals surface area contributed by atoms with Crippen molar-refractivity contribution in [2.75, 3.05) is 10.2 Å². The van der Waals surface area contributed by atoms with Crippen molar-refractivity contribution in [2.45, 2.75) is 180 Å². The molecule has 0 atom stereocenters. The van der Waals surface area contributed by atoms with Crippen LogP contribution in [-0.2, 0) is 37.9 Å². The lowest BCUT2D eigenvalue weighted by Crippen LogP contribution is -2.40. The third kappa shape index (κ3) is 8.11. The fourth-order valence-corrected chi connectivity index (χ4v) is 16.9. The van der Waals surface area contributed by atoms with Gasteiger partial charge in [-0.1, -0.05) is 165 Å². The van der Waals surface area contributed by atoms with Gasteiger partial charge in [0.25, 0.3) is 0 Å². The second-order valence-electron chi connectivity index (χ2n) is 30.9. The molecule has 84 heavy (non-hydrogen) atoms. The second kappa shape index (κ2) is 17.8. The molecule has 0 unspecified atom stereocenters. The second-order valence-corrected chi connectivity index (χ2v) is 32.0. The Morgan fingerprint density at radius 1 is 0.464 bits per heavy atom. The number of furan rings is 2. The summed E-state index contributed by atoms with van der Waals surface area (Å²) in [4.78, 5) is 2.59. The van der Waals surface area contributed by atoms with Crippen molar-refractivity contribution in [1.29, 1.82) is 0 Å². The molecule has 1 N–H and O–H groups in total. The molecular weight excluding hydrogens is 1040 g/mol. The summed E-state index contributed by atoms with van der Waals surface area (Å²) in [6.07, 6.45) is 6.94. The smallest absolute Gasteiger partial charge is 0.244 e. The molecule has 0 spiro atoms. The van der Waals surface area contributed by atoms with E-state index in [0.29, 0.717) is 7.28 Å². The molecule has 3 aromatic heterocycles. The first kappa shape index (κ1) is 53.7. The Kier molecular flexibility index (Phi) is 11.4. The Balaban J connectivity index is 1.07. The molecule has 15 rings (SSSR count). The highest BCUT2D eigenvalue weighted by Crippen LogP contribution is 2.56. The summed E-state index contributed by atoms with van der Waals surface area (Å²) in [7, 11) is 0.599. The molecule has 424 valence electrons. The lowest BCUT2D eigenvalue weighted by atomic mass is 9.60. The van der Waals surface area contributed by atoms with Crippen molar-refractivity contribution >= 4 is 111 Å². The molecule has 0 saturated heterocycles. The van der Waals surface area contributed by atoms with E-state index in [1.807, 2.05) is 11.3 Å². The monoisotopic (exact) mass is 1120 g/mol. The highest BCUT2D eigenvalue weighted by Gasteiger charge is 2.43. The van der Waals surface area contributed by atoms with Crippen LogP contribution in [0.1, 0.15) is 181 Å². The van der Waals surface area contributed by atoms with E-state index in [4.69, 9.17) is 8.83 Å². The number of nitrogens with zero attached hydrogens (tertiary/aromatic N) is 1. The summed E-state index contributed by atoms with van der Waals surface area (Å²) in [5.41, 5.74) is 25.4. The van der Waals surface area contributed by atoms with Crippen LogP contribution in [0, 0.1) is 0 Å². The number of hydrogen-bond acceptors (Lipinski definition) is 5. The van der Waals surface area contributed by atoms with Gasteiger partial charge in [-0.25, -0.2) is 0 Å². The van der Waals surface area contributed by atoms with Crippen molar-refractivity contribution in [3.8, 4) is 22.3 Å². The summed E-state index contributed by atoms with van der Waals surface area (Å²) < 4.78 is 17.4. The Morgan fingerprint density at radius 2 is 1.04 bits per heavy atom. The van der Waals surface area contributed by atoms with Crippen LogP contribution in [0.25, 0.3) is 75.3 Å². The van der Waals surface area contributed by atoms with Crippen LogP contribution in [-0.4, -0.2) is 7.28 Å². The summed E-state index contributed by atoms with van der Waals surface area (Å²) in [6, 6.07) is 51.7. The van der Waals surface area contributed by atoms with Crippen molar-refractivity contribution in [3.05, 3.63) is 172 Å². The van der Waals surface area contributed by atoms with Gasteiger partial charge in [0.2, 0.25) is 7.28 Å². The number of para-hydroxylation sites is 1. The average Bonchev–Trinajstić information content (AvgIpc) is 1.50. The maximum atomic E-state index is 7.55. The zero-order chi connectivity index (χ0) is 58.6. The summed E-state index contributed by atoms with van der Waals surface area (Å²) in [6.45, 7) is 36.3. The topological polar surface area (TPSA) is 41.6 Å². The summed E-state index contributed by atoms with van der Waals surface area (Å²) in [5.74, 6) is 0. The molecule has 4 aliphatic rings. The molecule has 0 saturated carbocycles. The molecule has 8 aromatic carbocycles. The molecule has 0 radical (unpaired) electrons. The molecule has 0 amide bonds. The number of rotatable bonds is 5. The van der Waals surface area contributed by atoms with Crippen molar-refractivity contribution in [1.82, 2.24) is 0 Å². The Morgan fingerprint density at radius 3 is 1.70 bits per heavy atom. The highest BCUT2D eigenvalue weighted by molar-refractivity contribution is 7.25. The number of nitrogens with one attached hydrogen (secondary N) is 1. The standard InChI is InChI=1S/C78H81BN2O2S/c1-72(2,3)45-25-28-60(48(35-45)44-21-17-16-18-22-44)81-61-43-64-67(47-23-19-20-24-62(47)82-64)68(69(61)79-71-70(81)52-38-56-57(41-63(52)83-71)77(12,13)33-31-76(56,10)11)51-40-65-50(49-37-55-58(42-66(49)84-65)78(14,15)34-32-75(55,8)9)39-59(51)80-46-26-27-53-54(36-46)74(6,7)30-29-73(53,4)5/h16-28,35-43,79-80H,29-34H2,1-15H3. The number of fused-ring (bicyclic) bond motifs is 13. The molecule has 4 heterocycles. The third-order valence-electron chi connectivity index (χ3n) is 21.4. The van der Waals surface area contributed by atoms with E-state index in [9.17, 15) is 0 Å². The van der Waals surface area contributed by atoms with Gasteiger partial charge in [-0.3, -0.25) is 0 Å². The largest absolute Gasteiger partial charge is 0.469 e.